The third-order valence-corrected chi connectivity index (χ3v) is 5.80. The van der Waals surface area contributed by atoms with Crippen molar-refractivity contribution in [2.75, 3.05) is 14.2 Å². The summed E-state index contributed by atoms with van der Waals surface area (Å²) in [5.74, 6) is -0.235. The Morgan fingerprint density at radius 3 is 1.93 bits per heavy atom. The van der Waals surface area contributed by atoms with Crippen LogP contribution in [0.15, 0.2) is 66.7 Å². The molecular weight excluding hydrogens is 376 g/mol. The molecule has 0 unspecified atom stereocenters. The van der Waals surface area contributed by atoms with Gasteiger partial charge in [-0.15, -0.1) is 0 Å². The number of aryl methyl sites for hydroxylation is 3. The van der Waals surface area contributed by atoms with Crippen LogP contribution in [0, 0.1) is 6.92 Å². The normalized spacial score (nSPS) is 11.6. The van der Waals surface area contributed by atoms with E-state index in [2.05, 4.69) is 12.1 Å². The Morgan fingerprint density at radius 2 is 1.30 bits per heavy atom. The molecule has 0 heterocycles. The minimum absolute atomic E-state index is 0.250. The first kappa shape index (κ1) is 21.9. The molecule has 30 heavy (non-hydrogen) atoms. The number of ether oxygens (including phenoxy) is 2. The monoisotopic (exact) mass is 406 g/mol. The zero-order valence-corrected chi connectivity index (χ0v) is 17.9. The van der Waals surface area contributed by atoms with E-state index in [0.29, 0.717) is 19.3 Å². The highest BCUT2D eigenvalue weighted by Crippen LogP contribution is 2.32. The average molecular weight is 407 g/mol. The summed E-state index contributed by atoms with van der Waals surface area (Å²) in [5, 5.41) is 19.9. The second kappa shape index (κ2) is 9.79. The molecule has 3 rings (SSSR count). The van der Waals surface area contributed by atoms with E-state index < -0.39 is 5.79 Å². The third kappa shape index (κ3) is 5.21. The highest BCUT2D eigenvalue weighted by molar-refractivity contribution is 5.68. The smallest absolute Gasteiger partial charge is 0.168 e. The summed E-state index contributed by atoms with van der Waals surface area (Å²) in [6, 6.07) is 21.1. The summed E-state index contributed by atoms with van der Waals surface area (Å²) in [6.45, 7) is 2.04. The van der Waals surface area contributed by atoms with Crippen LogP contribution in [0.1, 0.15) is 29.5 Å². The van der Waals surface area contributed by atoms with Crippen molar-refractivity contribution < 1.29 is 19.7 Å². The van der Waals surface area contributed by atoms with Crippen molar-refractivity contribution >= 4 is 0 Å². The first-order valence-electron chi connectivity index (χ1n) is 10.2. The van der Waals surface area contributed by atoms with Crippen LogP contribution in [0.4, 0.5) is 0 Å². The van der Waals surface area contributed by atoms with Crippen LogP contribution in [-0.2, 0) is 22.3 Å². The molecule has 3 aromatic rings. The quantitative estimate of drug-likeness (QED) is 0.452. The van der Waals surface area contributed by atoms with E-state index in [1.807, 2.05) is 43.3 Å². The van der Waals surface area contributed by atoms with Gasteiger partial charge in [0.2, 0.25) is 0 Å². The standard InChI is InChI=1S/C26H30O4/c1-19-9-10-23(27)17-21(19)13-15-26(29-2,30-3)16-14-22-18-24(28)11-12-25(22)20-7-5-4-6-8-20/h4-12,17-18,27-28H,13-16H2,1-3H3. The highest BCUT2D eigenvalue weighted by Gasteiger charge is 2.29. The van der Waals surface area contributed by atoms with Crippen molar-refractivity contribution in [1.82, 2.24) is 0 Å². The van der Waals surface area contributed by atoms with Gasteiger partial charge in [0.1, 0.15) is 11.5 Å². The second-order valence-corrected chi connectivity index (χ2v) is 7.64. The number of benzene rings is 3. The number of hydrogen-bond donors (Lipinski definition) is 2. The lowest BCUT2D eigenvalue weighted by molar-refractivity contribution is -0.214. The molecule has 0 saturated carbocycles. The molecule has 0 aliphatic carbocycles. The largest absolute Gasteiger partial charge is 0.508 e. The maximum atomic E-state index is 10.1. The van der Waals surface area contributed by atoms with E-state index in [9.17, 15) is 10.2 Å². The molecule has 0 fully saturated rings. The van der Waals surface area contributed by atoms with Gasteiger partial charge in [-0.05, 0) is 71.8 Å². The van der Waals surface area contributed by atoms with Crippen molar-refractivity contribution in [3.63, 3.8) is 0 Å². The first-order valence-corrected chi connectivity index (χ1v) is 10.2. The molecule has 0 atom stereocenters. The molecule has 3 aromatic carbocycles. The van der Waals surface area contributed by atoms with Crippen molar-refractivity contribution in [1.29, 1.82) is 0 Å². The Labute approximate surface area is 178 Å². The lowest BCUT2D eigenvalue weighted by Crippen LogP contribution is -2.35. The third-order valence-electron chi connectivity index (χ3n) is 5.80. The Balaban J connectivity index is 1.79. The molecule has 0 amide bonds. The predicted molar refractivity (Wildman–Crippen MR) is 120 cm³/mol. The van der Waals surface area contributed by atoms with Gasteiger partial charge in [0.25, 0.3) is 0 Å². The van der Waals surface area contributed by atoms with E-state index in [0.717, 1.165) is 34.2 Å². The molecule has 4 heteroatoms. The van der Waals surface area contributed by atoms with Crippen molar-refractivity contribution in [3.05, 3.63) is 83.4 Å². The highest BCUT2D eigenvalue weighted by atomic mass is 16.7. The maximum absolute atomic E-state index is 10.1. The number of rotatable bonds is 9. The minimum atomic E-state index is -0.753. The van der Waals surface area contributed by atoms with Gasteiger partial charge < -0.3 is 19.7 Å². The molecule has 158 valence electrons. The van der Waals surface area contributed by atoms with Gasteiger partial charge in [-0.25, -0.2) is 0 Å². The van der Waals surface area contributed by atoms with Crippen LogP contribution in [0.3, 0.4) is 0 Å². The molecule has 0 spiro atoms. The zero-order valence-electron chi connectivity index (χ0n) is 17.9. The van der Waals surface area contributed by atoms with Gasteiger partial charge in [-0.1, -0.05) is 42.5 Å². The number of aromatic hydroxyl groups is 2. The molecule has 0 radical (unpaired) electrons. The second-order valence-electron chi connectivity index (χ2n) is 7.64. The lowest BCUT2D eigenvalue weighted by Gasteiger charge is -2.31. The van der Waals surface area contributed by atoms with E-state index in [-0.39, 0.29) is 11.5 Å². The zero-order chi connectivity index (χ0) is 21.6. The molecule has 0 aromatic heterocycles. The minimum Gasteiger partial charge on any atom is -0.508 e. The fraction of sp³-hybridized carbons (Fsp3) is 0.308. The fourth-order valence-electron chi connectivity index (χ4n) is 3.88. The van der Waals surface area contributed by atoms with E-state index >= 15 is 0 Å². The SMILES string of the molecule is COC(CCc1cc(O)ccc1C)(CCc1cc(O)ccc1-c1ccccc1)OC. The Bertz CT molecular complexity index is 962. The van der Waals surface area contributed by atoms with Crippen LogP contribution < -0.4 is 0 Å². The Hall–Kier alpha value is -2.82. The number of phenols is 2. The Morgan fingerprint density at radius 1 is 0.733 bits per heavy atom. The molecule has 0 aliphatic heterocycles. The number of phenolic OH excluding ortho intramolecular Hbond substituents is 2. The lowest BCUT2D eigenvalue weighted by atomic mass is 9.92. The van der Waals surface area contributed by atoms with Gasteiger partial charge in [0.15, 0.2) is 5.79 Å². The van der Waals surface area contributed by atoms with Crippen molar-refractivity contribution in [2.45, 2.75) is 38.4 Å². The maximum Gasteiger partial charge on any atom is 0.168 e. The molecular formula is C26H30O4. The van der Waals surface area contributed by atoms with Gasteiger partial charge in [0, 0.05) is 27.1 Å². The van der Waals surface area contributed by atoms with Crippen LogP contribution in [0.25, 0.3) is 11.1 Å². The van der Waals surface area contributed by atoms with Crippen LogP contribution in [0.2, 0.25) is 0 Å². The number of methoxy groups -OCH3 is 2. The summed E-state index contributed by atoms with van der Waals surface area (Å²) in [7, 11) is 3.33. The van der Waals surface area contributed by atoms with E-state index in [1.165, 1.54) is 0 Å². The predicted octanol–water partition coefficient (Wildman–Crippen LogP) is 5.63. The van der Waals surface area contributed by atoms with Gasteiger partial charge in [0.05, 0.1) is 0 Å². The molecule has 0 bridgehead atoms. The summed E-state index contributed by atoms with van der Waals surface area (Å²) >= 11 is 0. The molecule has 0 saturated heterocycles. The molecule has 4 nitrogen and oxygen atoms in total. The Kier molecular flexibility index (Phi) is 7.14. The first-order chi connectivity index (χ1) is 14.5. The summed E-state index contributed by atoms with van der Waals surface area (Å²) < 4.78 is 11.7. The summed E-state index contributed by atoms with van der Waals surface area (Å²) in [4.78, 5) is 0. The van der Waals surface area contributed by atoms with E-state index in [1.54, 1.807) is 32.4 Å². The van der Waals surface area contributed by atoms with Gasteiger partial charge >= 0.3 is 0 Å². The average Bonchev–Trinajstić information content (AvgIpc) is 2.77. The topological polar surface area (TPSA) is 58.9 Å². The van der Waals surface area contributed by atoms with Crippen LogP contribution in [0.5, 0.6) is 11.5 Å². The van der Waals surface area contributed by atoms with Crippen molar-refractivity contribution in [3.8, 4) is 22.6 Å². The summed E-state index contributed by atoms with van der Waals surface area (Å²) in [6.07, 6.45) is 2.72. The molecule has 0 aliphatic rings. The van der Waals surface area contributed by atoms with Crippen LogP contribution in [-0.4, -0.2) is 30.2 Å². The number of hydrogen-bond acceptors (Lipinski definition) is 4. The molecule has 2 N–H and O–H groups in total. The van der Waals surface area contributed by atoms with Gasteiger partial charge in [-0.3, -0.25) is 0 Å². The fourth-order valence-corrected chi connectivity index (χ4v) is 3.88. The van der Waals surface area contributed by atoms with E-state index in [4.69, 9.17) is 9.47 Å². The summed E-state index contributed by atoms with van der Waals surface area (Å²) in [5.41, 5.74) is 5.47. The van der Waals surface area contributed by atoms with Gasteiger partial charge in [-0.2, -0.15) is 0 Å². The van der Waals surface area contributed by atoms with Crippen molar-refractivity contribution in [2.24, 2.45) is 0 Å². The van der Waals surface area contributed by atoms with Crippen LogP contribution >= 0.6 is 0 Å².